The number of urea groups is 1. The zero-order valence-corrected chi connectivity index (χ0v) is 13.7. The summed E-state index contributed by atoms with van der Waals surface area (Å²) in [7, 11) is 1.96. The van der Waals surface area contributed by atoms with E-state index in [9.17, 15) is 9.59 Å². The summed E-state index contributed by atoms with van der Waals surface area (Å²) in [6.45, 7) is 2.73. The molecule has 1 saturated heterocycles. The molecule has 1 aliphatic heterocycles. The lowest BCUT2D eigenvalue weighted by Crippen LogP contribution is -2.48. The molecule has 2 aliphatic rings. The predicted molar refractivity (Wildman–Crippen MR) is 86.6 cm³/mol. The van der Waals surface area contributed by atoms with E-state index in [1.807, 2.05) is 11.9 Å². The second kappa shape index (κ2) is 8.98. The molecule has 3 N–H and O–H groups in total. The number of piperidine rings is 1. The molecule has 3 amide bonds. The lowest BCUT2D eigenvalue weighted by molar-refractivity contribution is -0.131. The first-order valence-corrected chi connectivity index (χ1v) is 8.65. The van der Waals surface area contributed by atoms with Crippen LogP contribution in [-0.4, -0.2) is 56.1 Å². The van der Waals surface area contributed by atoms with E-state index in [-0.39, 0.29) is 24.5 Å². The molecule has 2 rings (SSSR count). The molecule has 1 aliphatic carbocycles. The number of likely N-dealkylation sites (tertiary alicyclic amines) is 1. The van der Waals surface area contributed by atoms with Crippen LogP contribution in [0.15, 0.2) is 0 Å². The zero-order valence-electron chi connectivity index (χ0n) is 13.7. The minimum absolute atomic E-state index is 0.0294. The number of nitrogens with one attached hydrogen (secondary N) is 3. The third-order valence-electron chi connectivity index (χ3n) is 4.80. The van der Waals surface area contributed by atoms with Gasteiger partial charge >= 0.3 is 6.03 Å². The van der Waals surface area contributed by atoms with Gasteiger partial charge in [0, 0.05) is 19.1 Å². The van der Waals surface area contributed by atoms with Crippen LogP contribution in [0.4, 0.5) is 4.79 Å². The van der Waals surface area contributed by atoms with Crippen molar-refractivity contribution < 1.29 is 9.59 Å². The highest BCUT2D eigenvalue weighted by molar-refractivity contribution is 5.84. The van der Waals surface area contributed by atoms with Gasteiger partial charge < -0.3 is 20.9 Å². The minimum atomic E-state index is -0.203. The fourth-order valence-corrected chi connectivity index (χ4v) is 3.43. The third-order valence-corrected chi connectivity index (χ3v) is 4.80. The number of nitrogens with zero attached hydrogens (tertiary/aromatic N) is 1. The van der Waals surface area contributed by atoms with Gasteiger partial charge in [0.1, 0.15) is 0 Å². The molecule has 0 radical (unpaired) electrons. The maximum Gasteiger partial charge on any atom is 0.315 e. The quantitative estimate of drug-likeness (QED) is 0.711. The van der Waals surface area contributed by atoms with Crippen LogP contribution < -0.4 is 16.0 Å². The first-order valence-electron chi connectivity index (χ1n) is 8.65. The van der Waals surface area contributed by atoms with Crippen molar-refractivity contribution in [3.63, 3.8) is 0 Å². The Morgan fingerprint density at radius 1 is 1.05 bits per heavy atom. The van der Waals surface area contributed by atoms with Gasteiger partial charge in [-0.3, -0.25) is 4.79 Å². The number of carbonyl (C=O) groups excluding carboxylic acids is 2. The van der Waals surface area contributed by atoms with Gasteiger partial charge in [0.25, 0.3) is 0 Å². The van der Waals surface area contributed by atoms with Gasteiger partial charge in [-0.05, 0) is 45.2 Å². The lowest BCUT2D eigenvalue weighted by atomic mass is 9.96. The molecule has 126 valence electrons. The van der Waals surface area contributed by atoms with E-state index in [4.69, 9.17) is 0 Å². The largest absolute Gasteiger partial charge is 0.341 e. The number of hydrogen-bond donors (Lipinski definition) is 3. The fraction of sp³-hybridized carbons (Fsp3) is 0.875. The Balaban J connectivity index is 1.61. The van der Waals surface area contributed by atoms with Crippen LogP contribution in [0.3, 0.4) is 0 Å². The van der Waals surface area contributed by atoms with E-state index in [2.05, 4.69) is 16.0 Å². The summed E-state index contributed by atoms with van der Waals surface area (Å²) >= 11 is 0. The standard InChI is InChI=1S/C16H30N4O2/c1-17-11-13-7-9-20(10-8-13)15(21)12-18-16(22)19-14-5-3-2-4-6-14/h13-14,17H,2-12H2,1H3,(H2,18,19,22). The van der Waals surface area contributed by atoms with Crippen LogP contribution in [0, 0.1) is 5.92 Å². The van der Waals surface area contributed by atoms with E-state index in [0.717, 1.165) is 45.3 Å². The van der Waals surface area contributed by atoms with Crippen molar-refractivity contribution in [2.45, 2.75) is 51.0 Å². The summed E-state index contributed by atoms with van der Waals surface area (Å²) in [5.41, 5.74) is 0. The van der Waals surface area contributed by atoms with Crippen molar-refractivity contribution in [3.8, 4) is 0 Å². The van der Waals surface area contributed by atoms with Gasteiger partial charge in [-0.1, -0.05) is 19.3 Å². The number of hydrogen-bond acceptors (Lipinski definition) is 3. The average Bonchev–Trinajstić information content (AvgIpc) is 2.54. The van der Waals surface area contributed by atoms with Crippen molar-refractivity contribution in [1.82, 2.24) is 20.9 Å². The van der Waals surface area contributed by atoms with Crippen LogP contribution >= 0.6 is 0 Å². The van der Waals surface area contributed by atoms with Crippen molar-refractivity contribution >= 4 is 11.9 Å². The second-order valence-corrected chi connectivity index (χ2v) is 6.54. The van der Waals surface area contributed by atoms with Crippen molar-refractivity contribution in [1.29, 1.82) is 0 Å². The van der Waals surface area contributed by atoms with Gasteiger partial charge in [-0.25, -0.2) is 4.79 Å². The maximum atomic E-state index is 12.1. The Morgan fingerprint density at radius 2 is 1.73 bits per heavy atom. The highest BCUT2D eigenvalue weighted by Crippen LogP contribution is 2.17. The van der Waals surface area contributed by atoms with Gasteiger partial charge in [-0.2, -0.15) is 0 Å². The van der Waals surface area contributed by atoms with Crippen molar-refractivity contribution in [2.75, 3.05) is 33.2 Å². The van der Waals surface area contributed by atoms with Crippen LogP contribution in [0.2, 0.25) is 0 Å². The summed E-state index contributed by atoms with van der Waals surface area (Å²) in [5, 5.41) is 8.87. The summed E-state index contributed by atoms with van der Waals surface area (Å²) < 4.78 is 0. The number of amides is 3. The Morgan fingerprint density at radius 3 is 2.36 bits per heavy atom. The molecule has 0 aromatic heterocycles. The molecule has 0 atom stereocenters. The van der Waals surface area contributed by atoms with Gasteiger partial charge in [0.15, 0.2) is 0 Å². The van der Waals surface area contributed by atoms with Gasteiger partial charge in [0.05, 0.1) is 6.54 Å². The Hall–Kier alpha value is -1.30. The minimum Gasteiger partial charge on any atom is -0.341 e. The third kappa shape index (κ3) is 5.48. The first kappa shape index (κ1) is 17.1. The highest BCUT2D eigenvalue weighted by Gasteiger charge is 2.23. The Labute approximate surface area is 133 Å². The van der Waals surface area contributed by atoms with Crippen LogP contribution in [0.5, 0.6) is 0 Å². The highest BCUT2D eigenvalue weighted by atomic mass is 16.2. The molecule has 0 bridgehead atoms. The molecule has 1 saturated carbocycles. The first-order chi connectivity index (χ1) is 10.7. The predicted octanol–water partition coefficient (Wildman–Crippen LogP) is 1.08. The average molecular weight is 310 g/mol. The molecular formula is C16H30N4O2. The maximum absolute atomic E-state index is 12.1. The molecule has 2 fully saturated rings. The molecule has 22 heavy (non-hydrogen) atoms. The Kier molecular flexibility index (Phi) is 6.96. The molecule has 1 heterocycles. The van der Waals surface area contributed by atoms with Crippen molar-refractivity contribution in [3.05, 3.63) is 0 Å². The summed E-state index contributed by atoms with van der Waals surface area (Å²) in [4.78, 5) is 25.8. The lowest BCUT2D eigenvalue weighted by Gasteiger charge is -2.32. The number of rotatable bonds is 5. The summed E-state index contributed by atoms with van der Waals surface area (Å²) in [5.74, 6) is 0.693. The molecule has 0 aromatic carbocycles. The molecule has 6 heteroatoms. The summed E-state index contributed by atoms with van der Waals surface area (Å²) in [6, 6.07) is 0.0754. The van der Waals surface area contributed by atoms with Gasteiger partial charge in [-0.15, -0.1) is 0 Å². The van der Waals surface area contributed by atoms with Crippen LogP contribution in [-0.2, 0) is 4.79 Å². The normalized spacial score (nSPS) is 20.7. The van der Waals surface area contributed by atoms with E-state index < -0.39 is 0 Å². The van der Waals surface area contributed by atoms with Crippen LogP contribution in [0.1, 0.15) is 44.9 Å². The fourth-order valence-electron chi connectivity index (χ4n) is 3.43. The zero-order chi connectivity index (χ0) is 15.8. The smallest absolute Gasteiger partial charge is 0.315 e. The molecule has 6 nitrogen and oxygen atoms in total. The number of carbonyl (C=O) groups is 2. The monoisotopic (exact) mass is 310 g/mol. The van der Waals surface area contributed by atoms with Crippen LogP contribution in [0.25, 0.3) is 0 Å². The van der Waals surface area contributed by atoms with E-state index in [1.165, 1.54) is 19.3 Å². The van der Waals surface area contributed by atoms with E-state index in [0.29, 0.717) is 5.92 Å². The molecule has 0 unspecified atom stereocenters. The molecule has 0 spiro atoms. The topological polar surface area (TPSA) is 73.5 Å². The van der Waals surface area contributed by atoms with Gasteiger partial charge in [0.2, 0.25) is 5.91 Å². The summed E-state index contributed by atoms with van der Waals surface area (Å²) in [6.07, 6.45) is 7.83. The second-order valence-electron chi connectivity index (χ2n) is 6.54. The SMILES string of the molecule is CNCC1CCN(C(=O)CNC(=O)NC2CCCCC2)CC1. The van der Waals surface area contributed by atoms with Crippen molar-refractivity contribution in [2.24, 2.45) is 5.92 Å². The molecule has 0 aromatic rings. The van der Waals surface area contributed by atoms with E-state index in [1.54, 1.807) is 0 Å². The Bertz CT molecular complexity index is 361. The molecular weight excluding hydrogens is 280 g/mol. The van der Waals surface area contributed by atoms with E-state index >= 15 is 0 Å².